The van der Waals surface area contributed by atoms with E-state index < -0.39 is 5.54 Å². The summed E-state index contributed by atoms with van der Waals surface area (Å²) in [4.78, 5) is 17.0. The molecule has 1 heterocycles. The summed E-state index contributed by atoms with van der Waals surface area (Å²) < 4.78 is 0. The molecular weight excluding hydrogens is 346 g/mol. The average Bonchev–Trinajstić information content (AvgIpc) is 2.65. The Hall–Kier alpha value is -2.04. The normalized spacial score (nSPS) is 16.9. The number of likely N-dealkylation sites (tertiary alicyclic amines) is 1. The zero-order valence-corrected chi connectivity index (χ0v) is 16.2. The number of carbonyl (C=O) groups is 1. The number of carbonyl (C=O) groups excluding carboxylic acids is 1. The minimum atomic E-state index is -0.554. The van der Waals surface area contributed by atoms with E-state index in [1.807, 2.05) is 62.6 Å². The van der Waals surface area contributed by atoms with Crippen LogP contribution in [-0.4, -0.2) is 48.4 Å². The molecule has 1 aliphatic heterocycles. The first-order valence-electron chi connectivity index (χ1n) is 9.01. The van der Waals surface area contributed by atoms with Crippen LogP contribution >= 0.6 is 11.6 Å². The van der Waals surface area contributed by atoms with E-state index in [9.17, 15) is 4.79 Å². The van der Waals surface area contributed by atoms with Crippen molar-refractivity contribution in [3.63, 3.8) is 0 Å². The third-order valence-corrected chi connectivity index (χ3v) is 5.40. The van der Waals surface area contributed by atoms with Gasteiger partial charge >= 0.3 is 0 Å². The molecule has 1 aliphatic rings. The molecule has 2 aromatic carbocycles. The summed E-state index contributed by atoms with van der Waals surface area (Å²) in [5, 5.41) is 4.33. The standard InChI is InChI=1S/C21H26ClN3O/c1-24(2)20(26)21(23-18-9-4-3-5-10-18)12-14-25(15-13-21)16-17-8-6-7-11-19(17)22/h3-11,23H,12-16H2,1-2H3. The second-order valence-electron chi connectivity index (χ2n) is 7.14. The van der Waals surface area contributed by atoms with Gasteiger partial charge < -0.3 is 10.2 Å². The molecule has 0 aliphatic carbocycles. The van der Waals surface area contributed by atoms with E-state index in [1.54, 1.807) is 4.90 Å². The number of anilines is 1. The van der Waals surface area contributed by atoms with Crippen molar-refractivity contribution >= 4 is 23.2 Å². The van der Waals surface area contributed by atoms with Crippen molar-refractivity contribution < 1.29 is 4.79 Å². The van der Waals surface area contributed by atoms with E-state index in [0.29, 0.717) is 0 Å². The van der Waals surface area contributed by atoms with Crippen LogP contribution < -0.4 is 5.32 Å². The minimum Gasteiger partial charge on any atom is -0.371 e. The van der Waals surface area contributed by atoms with Gasteiger partial charge in [-0.1, -0.05) is 48.0 Å². The molecule has 26 heavy (non-hydrogen) atoms. The summed E-state index contributed by atoms with van der Waals surface area (Å²) in [7, 11) is 3.65. The first-order valence-corrected chi connectivity index (χ1v) is 9.39. The molecule has 0 aromatic heterocycles. The highest BCUT2D eigenvalue weighted by Gasteiger charge is 2.42. The molecule has 0 unspecified atom stereocenters. The SMILES string of the molecule is CN(C)C(=O)C1(Nc2ccccc2)CCN(Cc2ccccc2Cl)CC1. The summed E-state index contributed by atoms with van der Waals surface area (Å²) in [6.45, 7) is 2.52. The Balaban J connectivity index is 1.72. The fraction of sp³-hybridized carbons (Fsp3) is 0.381. The van der Waals surface area contributed by atoms with Crippen LogP contribution in [0.3, 0.4) is 0 Å². The lowest BCUT2D eigenvalue weighted by Gasteiger charge is -2.43. The van der Waals surface area contributed by atoms with Gasteiger partial charge in [-0.25, -0.2) is 0 Å². The Bertz CT molecular complexity index is 740. The Morgan fingerprint density at radius 2 is 1.69 bits per heavy atom. The molecule has 1 saturated heterocycles. The molecule has 0 spiro atoms. The third kappa shape index (κ3) is 4.19. The predicted octanol–water partition coefficient (Wildman–Crippen LogP) is 3.87. The van der Waals surface area contributed by atoms with Crippen molar-refractivity contribution in [1.82, 2.24) is 9.80 Å². The van der Waals surface area contributed by atoms with Gasteiger partial charge in [-0.3, -0.25) is 9.69 Å². The maximum absolute atomic E-state index is 13.0. The maximum Gasteiger partial charge on any atom is 0.247 e. The number of nitrogens with zero attached hydrogens (tertiary/aromatic N) is 2. The molecular formula is C21H26ClN3O. The monoisotopic (exact) mass is 371 g/mol. The van der Waals surface area contributed by atoms with Crippen molar-refractivity contribution in [2.24, 2.45) is 0 Å². The largest absolute Gasteiger partial charge is 0.371 e. The molecule has 4 nitrogen and oxygen atoms in total. The van der Waals surface area contributed by atoms with Gasteiger partial charge in [-0.05, 0) is 36.6 Å². The van der Waals surface area contributed by atoms with E-state index in [2.05, 4.69) is 16.3 Å². The van der Waals surface area contributed by atoms with Crippen molar-refractivity contribution in [3.8, 4) is 0 Å². The lowest BCUT2D eigenvalue weighted by atomic mass is 9.85. The molecule has 2 aromatic rings. The number of para-hydroxylation sites is 1. The van der Waals surface area contributed by atoms with Crippen LogP contribution in [0.4, 0.5) is 5.69 Å². The van der Waals surface area contributed by atoms with Crippen molar-refractivity contribution in [2.45, 2.75) is 24.9 Å². The number of hydrogen-bond acceptors (Lipinski definition) is 3. The number of halogens is 1. The summed E-state index contributed by atoms with van der Waals surface area (Å²) in [5.41, 5.74) is 1.57. The van der Waals surface area contributed by atoms with E-state index in [-0.39, 0.29) is 5.91 Å². The third-order valence-electron chi connectivity index (χ3n) is 5.03. The molecule has 3 rings (SSSR count). The fourth-order valence-electron chi connectivity index (χ4n) is 3.58. The topological polar surface area (TPSA) is 35.6 Å². The smallest absolute Gasteiger partial charge is 0.247 e. The Morgan fingerprint density at radius 3 is 2.31 bits per heavy atom. The zero-order valence-electron chi connectivity index (χ0n) is 15.4. The minimum absolute atomic E-state index is 0.138. The van der Waals surface area contributed by atoms with Gasteiger partial charge in [0.1, 0.15) is 5.54 Å². The molecule has 138 valence electrons. The van der Waals surface area contributed by atoms with Crippen LogP contribution in [0.2, 0.25) is 5.02 Å². The number of benzene rings is 2. The molecule has 0 saturated carbocycles. The van der Waals surface area contributed by atoms with E-state index >= 15 is 0 Å². The highest BCUT2D eigenvalue weighted by Crippen LogP contribution is 2.30. The van der Waals surface area contributed by atoms with Crippen LogP contribution in [0.5, 0.6) is 0 Å². The highest BCUT2D eigenvalue weighted by molar-refractivity contribution is 6.31. The molecule has 5 heteroatoms. The summed E-state index contributed by atoms with van der Waals surface area (Å²) in [6, 6.07) is 18.0. The Morgan fingerprint density at radius 1 is 1.08 bits per heavy atom. The second kappa shape index (κ2) is 8.11. The molecule has 1 amide bonds. The van der Waals surface area contributed by atoms with Crippen LogP contribution in [0.1, 0.15) is 18.4 Å². The summed E-state index contributed by atoms with van der Waals surface area (Å²) in [5.74, 6) is 0.138. The molecule has 1 fully saturated rings. The lowest BCUT2D eigenvalue weighted by Crippen LogP contribution is -2.57. The molecule has 1 N–H and O–H groups in total. The number of likely N-dealkylation sites (N-methyl/N-ethyl adjacent to an activating group) is 1. The number of piperidine rings is 1. The zero-order chi connectivity index (χ0) is 18.6. The van der Waals surface area contributed by atoms with Gasteiger partial charge in [-0.15, -0.1) is 0 Å². The highest BCUT2D eigenvalue weighted by atomic mass is 35.5. The Kier molecular flexibility index (Phi) is 5.84. The van der Waals surface area contributed by atoms with E-state index in [4.69, 9.17) is 11.6 Å². The molecule has 0 radical (unpaired) electrons. The fourth-order valence-corrected chi connectivity index (χ4v) is 3.77. The number of amides is 1. The number of nitrogens with one attached hydrogen (secondary N) is 1. The van der Waals surface area contributed by atoms with Crippen molar-refractivity contribution in [3.05, 3.63) is 65.2 Å². The quantitative estimate of drug-likeness (QED) is 0.866. The molecule has 0 atom stereocenters. The van der Waals surface area contributed by atoms with Crippen LogP contribution in [-0.2, 0) is 11.3 Å². The van der Waals surface area contributed by atoms with Gasteiger partial charge in [0.2, 0.25) is 5.91 Å². The van der Waals surface area contributed by atoms with Gasteiger partial charge in [0, 0.05) is 44.4 Å². The lowest BCUT2D eigenvalue weighted by molar-refractivity contribution is -0.135. The van der Waals surface area contributed by atoms with Crippen LogP contribution in [0.15, 0.2) is 54.6 Å². The first-order chi connectivity index (χ1) is 12.5. The van der Waals surface area contributed by atoms with Gasteiger partial charge in [0.25, 0.3) is 0 Å². The van der Waals surface area contributed by atoms with Gasteiger partial charge in [0.05, 0.1) is 0 Å². The van der Waals surface area contributed by atoms with Gasteiger partial charge in [0.15, 0.2) is 0 Å². The van der Waals surface area contributed by atoms with E-state index in [0.717, 1.165) is 48.7 Å². The van der Waals surface area contributed by atoms with E-state index in [1.165, 1.54) is 0 Å². The number of hydrogen-bond donors (Lipinski definition) is 1. The van der Waals surface area contributed by atoms with Crippen LogP contribution in [0, 0.1) is 0 Å². The maximum atomic E-state index is 13.0. The predicted molar refractivity (Wildman–Crippen MR) is 107 cm³/mol. The first kappa shape index (κ1) is 18.7. The van der Waals surface area contributed by atoms with Crippen molar-refractivity contribution in [1.29, 1.82) is 0 Å². The molecule has 0 bridgehead atoms. The van der Waals surface area contributed by atoms with Gasteiger partial charge in [-0.2, -0.15) is 0 Å². The Labute approximate surface area is 160 Å². The number of rotatable bonds is 5. The average molecular weight is 372 g/mol. The summed E-state index contributed by atoms with van der Waals surface area (Å²) in [6.07, 6.45) is 1.53. The second-order valence-corrected chi connectivity index (χ2v) is 7.55. The van der Waals surface area contributed by atoms with Crippen LogP contribution in [0.25, 0.3) is 0 Å². The van der Waals surface area contributed by atoms with Crippen molar-refractivity contribution in [2.75, 3.05) is 32.5 Å². The summed E-state index contributed by atoms with van der Waals surface area (Å²) >= 11 is 6.30.